The third-order valence-corrected chi connectivity index (χ3v) is 4.13. The van der Waals surface area contributed by atoms with E-state index in [1.54, 1.807) is 0 Å². The Balaban J connectivity index is 2.02. The molecule has 0 atom stereocenters. The van der Waals surface area contributed by atoms with Gasteiger partial charge in [0.25, 0.3) is 0 Å². The molecule has 0 unspecified atom stereocenters. The van der Waals surface area contributed by atoms with Crippen molar-refractivity contribution < 1.29 is 14.1 Å². The SMILES string of the molecule is CCOC(=O)Cn1cc(C=[N+]2CCCC2)c2cc(C)ccc21. The van der Waals surface area contributed by atoms with Crippen LogP contribution in [0.4, 0.5) is 0 Å². The number of nitrogens with zero attached hydrogens (tertiary/aromatic N) is 2. The first kappa shape index (κ1) is 14.8. The molecule has 1 fully saturated rings. The quantitative estimate of drug-likeness (QED) is 0.642. The Morgan fingerprint density at radius 1 is 1.36 bits per heavy atom. The summed E-state index contributed by atoms with van der Waals surface area (Å²) in [7, 11) is 0. The van der Waals surface area contributed by atoms with Gasteiger partial charge in [-0.15, -0.1) is 0 Å². The fourth-order valence-electron chi connectivity index (χ4n) is 3.09. The second-order valence-corrected chi connectivity index (χ2v) is 5.91. The van der Waals surface area contributed by atoms with Gasteiger partial charge in [0, 0.05) is 29.9 Å². The number of aromatic nitrogens is 1. The molecule has 3 rings (SSSR count). The molecule has 1 saturated heterocycles. The lowest BCUT2D eigenvalue weighted by molar-refractivity contribution is -0.500. The highest BCUT2D eigenvalue weighted by atomic mass is 16.5. The second kappa shape index (κ2) is 6.34. The molecule has 22 heavy (non-hydrogen) atoms. The predicted molar refractivity (Wildman–Crippen MR) is 87.7 cm³/mol. The molecule has 4 nitrogen and oxygen atoms in total. The van der Waals surface area contributed by atoms with Gasteiger partial charge in [-0.25, -0.2) is 4.58 Å². The summed E-state index contributed by atoms with van der Waals surface area (Å²) in [6, 6.07) is 6.37. The van der Waals surface area contributed by atoms with Crippen molar-refractivity contribution in [2.75, 3.05) is 19.7 Å². The zero-order valence-electron chi connectivity index (χ0n) is 13.3. The van der Waals surface area contributed by atoms with Gasteiger partial charge in [-0.3, -0.25) is 4.79 Å². The van der Waals surface area contributed by atoms with Gasteiger partial charge in [0.05, 0.1) is 12.2 Å². The molecule has 0 radical (unpaired) electrons. The lowest BCUT2D eigenvalue weighted by atomic mass is 10.1. The van der Waals surface area contributed by atoms with E-state index in [9.17, 15) is 4.79 Å². The van der Waals surface area contributed by atoms with Gasteiger partial charge in [-0.2, -0.15) is 0 Å². The number of hydrogen-bond acceptors (Lipinski definition) is 2. The molecule has 1 aromatic heterocycles. The fourth-order valence-corrected chi connectivity index (χ4v) is 3.09. The van der Waals surface area contributed by atoms with Crippen LogP contribution < -0.4 is 0 Å². The molecule has 0 bridgehead atoms. The van der Waals surface area contributed by atoms with Crippen molar-refractivity contribution in [3.63, 3.8) is 0 Å². The summed E-state index contributed by atoms with van der Waals surface area (Å²) in [5, 5.41) is 1.20. The molecular weight excluding hydrogens is 276 g/mol. The highest BCUT2D eigenvalue weighted by molar-refractivity contribution is 5.98. The van der Waals surface area contributed by atoms with Crippen LogP contribution in [-0.4, -0.2) is 41.0 Å². The van der Waals surface area contributed by atoms with Crippen LogP contribution in [0.3, 0.4) is 0 Å². The molecule has 1 aliphatic heterocycles. The second-order valence-electron chi connectivity index (χ2n) is 5.91. The number of esters is 1. The lowest BCUT2D eigenvalue weighted by Gasteiger charge is -2.05. The van der Waals surface area contributed by atoms with Crippen LogP contribution in [0, 0.1) is 6.92 Å². The van der Waals surface area contributed by atoms with E-state index in [0.29, 0.717) is 6.61 Å². The Morgan fingerprint density at radius 3 is 2.86 bits per heavy atom. The van der Waals surface area contributed by atoms with E-state index in [2.05, 4.69) is 42.1 Å². The van der Waals surface area contributed by atoms with Crippen LogP contribution >= 0.6 is 0 Å². The number of ether oxygens (including phenoxy) is 1. The van der Waals surface area contributed by atoms with E-state index < -0.39 is 0 Å². The molecule has 0 saturated carbocycles. The van der Waals surface area contributed by atoms with Gasteiger partial charge in [0.2, 0.25) is 0 Å². The van der Waals surface area contributed by atoms with Crippen LogP contribution in [0.25, 0.3) is 10.9 Å². The Kier molecular flexibility index (Phi) is 4.27. The van der Waals surface area contributed by atoms with Crippen LogP contribution in [0.15, 0.2) is 24.4 Å². The molecule has 0 amide bonds. The van der Waals surface area contributed by atoms with E-state index in [-0.39, 0.29) is 12.5 Å². The van der Waals surface area contributed by atoms with Crippen LogP contribution in [0.5, 0.6) is 0 Å². The molecular formula is C18H23N2O2+. The van der Waals surface area contributed by atoms with Crippen molar-refractivity contribution in [3.8, 4) is 0 Å². The van der Waals surface area contributed by atoms with Crippen molar-refractivity contribution in [1.82, 2.24) is 4.57 Å². The third-order valence-electron chi connectivity index (χ3n) is 4.13. The van der Waals surface area contributed by atoms with Gasteiger partial charge in [-0.05, 0) is 26.0 Å². The van der Waals surface area contributed by atoms with Crippen LogP contribution in [0.2, 0.25) is 0 Å². The number of rotatable bonds is 4. The van der Waals surface area contributed by atoms with Gasteiger partial charge in [0.15, 0.2) is 6.21 Å². The number of carbonyl (C=O) groups excluding carboxylic acids is 1. The molecule has 1 aromatic carbocycles. The Hall–Kier alpha value is -2.10. The molecule has 1 aliphatic rings. The standard InChI is InChI=1S/C18H23N2O2/c1-3-22-18(21)13-20-12-15(11-19-8-4-5-9-19)16-10-14(2)6-7-17(16)20/h6-7,10-12H,3-5,8-9,13H2,1-2H3/q+1. The maximum atomic E-state index is 11.8. The van der Waals surface area contributed by atoms with Crippen molar-refractivity contribution in [2.24, 2.45) is 0 Å². The molecule has 2 heterocycles. The molecule has 116 valence electrons. The first-order valence-corrected chi connectivity index (χ1v) is 8.01. The number of aryl methyl sites for hydroxylation is 1. The Morgan fingerprint density at radius 2 is 2.14 bits per heavy atom. The minimum atomic E-state index is -0.187. The molecule has 4 heteroatoms. The number of hydrogen-bond donors (Lipinski definition) is 0. The largest absolute Gasteiger partial charge is 0.465 e. The van der Waals surface area contributed by atoms with E-state index in [1.165, 1.54) is 29.4 Å². The molecule has 0 spiro atoms. The minimum Gasteiger partial charge on any atom is -0.465 e. The number of fused-ring (bicyclic) bond motifs is 1. The maximum Gasteiger partial charge on any atom is 0.325 e. The smallest absolute Gasteiger partial charge is 0.325 e. The number of benzene rings is 1. The van der Waals surface area contributed by atoms with Crippen molar-refractivity contribution in [3.05, 3.63) is 35.5 Å². The summed E-state index contributed by atoms with van der Waals surface area (Å²) in [5.41, 5.74) is 3.51. The maximum absolute atomic E-state index is 11.8. The number of carbonyl (C=O) groups is 1. The van der Waals surface area contributed by atoms with E-state index in [0.717, 1.165) is 18.6 Å². The van der Waals surface area contributed by atoms with Crippen molar-refractivity contribution in [2.45, 2.75) is 33.2 Å². The lowest BCUT2D eigenvalue weighted by Crippen LogP contribution is -2.12. The first-order valence-electron chi connectivity index (χ1n) is 8.01. The van der Waals surface area contributed by atoms with E-state index in [1.807, 2.05) is 11.5 Å². The summed E-state index contributed by atoms with van der Waals surface area (Å²) in [5.74, 6) is -0.187. The molecule has 0 aliphatic carbocycles. The predicted octanol–water partition coefficient (Wildman–Crippen LogP) is 2.74. The Bertz CT molecular complexity index is 720. The zero-order valence-corrected chi connectivity index (χ0v) is 13.3. The average Bonchev–Trinajstić information content (AvgIpc) is 3.09. The zero-order chi connectivity index (χ0) is 15.5. The Labute approximate surface area is 131 Å². The monoisotopic (exact) mass is 299 g/mol. The average molecular weight is 299 g/mol. The first-order chi connectivity index (χ1) is 10.7. The summed E-state index contributed by atoms with van der Waals surface area (Å²) >= 11 is 0. The van der Waals surface area contributed by atoms with Gasteiger partial charge in [-0.1, -0.05) is 11.6 Å². The molecule has 2 aromatic rings. The molecule has 0 N–H and O–H groups in total. The summed E-state index contributed by atoms with van der Waals surface area (Å²) in [4.78, 5) is 11.8. The van der Waals surface area contributed by atoms with Gasteiger partial charge >= 0.3 is 5.97 Å². The van der Waals surface area contributed by atoms with E-state index in [4.69, 9.17) is 4.74 Å². The summed E-state index contributed by atoms with van der Waals surface area (Å²) < 4.78 is 9.44. The highest BCUT2D eigenvalue weighted by Crippen LogP contribution is 2.22. The summed E-state index contributed by atoms with van der Waals surface area (Å²) in [6.07, 6.45) is 6.82. The van der Waals surface area contributed by atoms with Crippen LogP contribution in [-0.2, 0) is 16.1 Å². The third kappa shape index (κ3) is 3.06. The normalized spacial score (nSPS) is 14.5. The minimum absolute atomic E-state index is 0.187. The van der Waals surface area contributed by atoms with Crippen molar-refractivity contribution in [1.29, 1.82) is 0 Å². The topological polar surface area (TPSA) is 34.2 Å². The van der Waals surface area contributed by atoms with Crippen LogP contribution in [0.1, 0.15) is 30.9 Å². The van der Waals surface area contributed by atoms with E-state index >= 15 is 0 Å². The van der Waals surface area contributed by atoms with Gasteiger partial charge < -0.3 is 9.30 Å². The highest BCUT2D eigenvalue weighted by Gasteiger charge is 2.16. The van der Waals surface area contributed by atoms with Crippen molar-refractivity contribution >= 4 is 23.1 Å². The fraction of sp³-hybridized carbons (Fsp3) is 0.444. The van der Waals surface area contributed by atoms with Gasteiger partial charge in [0.1, 0.15) is 19.6 Å². The summed E-state index contributed by atoms with van der Waals surface area (Å²) in [6.45, 7) is 6.86.